The Balaban J connectivity index is 1.69. The molecule has 0 aliphatic heterocycles. The van der Waals surface area contributed by atoms with Gasteiger partial charge in [-0.2, -0.15) is 0 Å². The van der Waals surface area contributed by atoms with E-state index in [9.17, 15) is 4.79 Å². The standard InChI is InChI=1S/C20H21N5O/c1-3-25(18-6-4-5-15(2)11-18)19(26)17-13-23-20(24-14-17)22-12-16-7-9-21-10-8-16/h4-11,13-14H,3,12H2,1-2H3,(H,22,23,24). The zero-order valence-corrected chi connectivity index (χ0v) is 14.9. The molecular weight excluding hydrogens is 326 g/mol. The second kappa shape index (κ2) is 8.20. The van der Waals surface area contributed by atoms with Crippen molar-refractivity contribution in [2.24, 2.45) is 0 Å². The van der Waals surface area contributed by atoms with E-state index in [1.54, 1.807) is 29.7 Å². The number of carbonyl (C=O) groups excluding carboxylic acids is 1. The molecule has 0 saturated carbocycles. The van der Waals surface area contributed by atoms with Crippen molar-refractivity contribution in [3.63, 3.8) is 0 Å². The smallest absolute Gasteiger partial charge is 0.261 e. The van der Waals surface area contributed by atoms with Crippen molar-refractivity contribution in [2.75, 3.05) is 16.8 Å². The number of nitrogens with one attached hydrogen (secondary N) is 1. The van der Waals surface area contributed by atoms with Crippen LogP contribution < -0.4 is 10.2 Å². The number of carbonyl (C=O) groups is 1. The summed E-state index contributed by atoms with van der Waals surface area (Å²) in [5.74, 6) is 0.371. The molecule has 0 atom stereocenters. The van der Waals surface area contributed by atoms with E-state index in [1.165, 1.54) is 0 Å². The summed E-state index contributed by atoms with van der Waals surface area (Å²) in [5, 5.41) is 3.13. The highest BCUT2D eigenvalue weighted by molar-refractivity contribution is 6.05. The van der Waals surface area contributed by atoms with E-state index >= 15 is 0 Å². The Kier molecular flexibility index (Phi) is 5.53. The first kappa shape index (κ1) is 17.5. The molecule has 0 fully saturated rings. The zero-order valence-electron chi connectivity index (χ0n) is 14.9. The van der Waals surface area contributed by atoms with Crippen molar-refractivity contribution in [2.45, 2.75) is 20.4 Å². The predicted molar refractivity (Wildman–Crippen MR) is 102 cm³/mol. The Morgan fingerprint density at radius 2 is 1.85 bits per heavy atom. The Bertz CT molecular complexity index is 865. The number of aryl methyl sites for hydroxylation is 1. The number of benzene rings is 1. The molecule has 2 heterocycles. The maximum absolute atomic E-state index is 12.8. The lowest BCUT2D eigenvalue weighted by molar-refractivity contribution is 0.0987. The summed E-state index contributed by atoms with van der Waals surface area (Å²) in [5.41, 5.74) is 3.53. The number of hydrogen-bond donors (Lipinski definition) is 1. The van der Waals surface area contributed by atoms with Gasteiger partial charge in [-0.15, -0.1) is 0 Å². The third-order valence-electron chi connectivity index (χ3n) is 3.97. The molecule has 0 unspecified atom stereocenters. The molecule has 1 aromatic carbocycles. The minimum Gasteiger partial charge on any atom is -0.350 e. The molecule has 3 aromatic rings. The van der Waals surface area contributed by atoms with Crippen LogP contribution in [0.25, 0.3) is 0 Å². The van der Waals surface area contributed by atoms with Gasteiger partial charge in [0.1, 0.15) is 0 Å². The quantitative estimate of drug-likeness (QED) is 0.739. The SMILES string of the molecule is CCN(C(=O)c1cnc(NCc2ccncc2)nc1)c1cccc(C)c1. The van der Waals surface area contributed by atoms with Gasteiger partial charge in [0.05, 0.1) is 5.56 Å². The zero-order chi connectivity index (χ0) is 18.4. The molecule has 0 aliphatic carbocycles. The van der Waals surface area contributed by atoms with Crippen LogP contribution in [0.1, 0.15) is 28.4 Å². The van der Waals surface area contributed by atoms with Crippen LogP contribution in [0.4, 0.5) is 11.6 Å². The molecule has 6 nitrogen and oxygen atoms in total. The molecule has 3 rings (SSSR count). The topological polar surface area (TPSA) is 71.0 Å². The van der Waals surface area contributed by atoms with Gasteiger partial charge in [-0.1, -0.05) is 12.1 Å². The average molecular weight is 347 g/mol. The molecule has 26 heavy (non-hydrogen) atoms. The van der Waals surface area contributed by atoms with Crippen LogP contribution >= 0.6 is 0 Å². The highest BCUT2D eigenvalue weighted by Crippen LogP contribution is 2.18. The Morgan fingerprint density at radius 1 is 1.12 bits per heavy atom. The largest absolute Gasteiger partial charge is 0.350 e. The summed E-state index contributed by atoms with van der Waals surface area (Å²) in [7, 11) is 0. The van der Waals surface area contributed by atoms with Crippen molar-refractivity contribution >= 4 is 17.5 Å². The molecule has 6 heteroatoms. The van der Waals surface area contributed by atoms with Gasteiger partial charge in [0, 0.05) is 43.6 Å². The number of anilines is 2. The van der Waals surface area contributed by atoms with Crippen molar-refractivity contribution in [3.8, 4) is 0 Å². The third-order valence-corrected chi connectivity index (χ3v) is 3.97. The Morgan fingerprint density at radius 3 is 2.50 bits per heavy atom. The monoisotopic (exact) mass is 347 g/mol. The van der Waals surface area contributed by atoms with Crippen molar-refractivity contribution in [1.82, 2.24) is 15.0 Å². The lowest BCUT2D eigenvalue weighted by atomic mass is 10.2. The van der Waals surface area contributed by atoms with Crippen LogP contribution in [-0.4, -0.2) is 27.4 Å². The summed E-state index contributed by atoms with van der Waals surface area (Å²) in [6, 6.07) is 11.7. The van der Waals surface area contributed by atoms with Crippen LogP contribution in [-0.2, 0) is 6.54 Å². The Hall–Kier alpha value is -3.28. The average Bonchev–Trinajstić information content (AvgIpc) is 2.68. The minimum atomic E-state index is -0.112. The van der Waals surface area contributed by atoms with Crippen molar-refractivity contribution < 1.29 is 4.79 Å². The van der Waals surface area contributed by atoms with E-state index in [0.717, 1.165) is 16.8 Å². The maximum Gasteiger partial charge on any atom is 0.261 e. The van der Waals surface area contributed by atoms with Crippen molar-refractivity contribution in [3.05, 3.63) is 77.9 Å². The Labute approximate surface area is 153 Å². The van der Waals surface area contributed by atoms with Gasteiger partial charge in [-0.25, -0.2) is 9.97 Å². The van der Waals surface area contributed by atoms with E-state index in [4.69, 9.17) is 0 Å². The summed E-state index contributed by atoms with van der Waals surface area (Å²) < 4.78 is 0. The van der Waals surface area contributed by atoms with Gasteiger partial charge in [-0.05, 0) is 49.2 Å². The summed E-state index contributed by atoms with van der Waals surface area (Å²) in [6.45, 7) is 5.13. The third kappa shape index (κ3) is 4.22. The molecule has 0 aliphatic rings. The number of hydrogen-bond acceptors (Lipinski definition) is 5. The maximum atomic E-state index is 12.8. The predicted octanol–water partition coefficient (Wildman–Crippen LogP) is 3.46. The van der Waals surface area contributed by atoms with Gasteiger partial charge < -0.3 is 10.2 Å². The molecule has 0 radical (unpaired) electrons. The summed E-state index contributed by atoms with van der Waals surface area (Å²) >= 11 is 0. The highest BCUT2D eigenvalue weighted by Gasteiger charge is 2.17. The molecule has 0 bridgehead atoms. The summed E-state index contributed by atoms with van der Waals surface area (Å²) in [6.07, 6.45) is 6.60. The van der Waals surface area contributed by atoms with Crippen LogP contribution in [0.15, 0.2) is 61.2 Å². The second-order valence-corrected chi connectivity index (χ2v) is 5.89. The number of rotatable bonds is 6. The van der Waals surface area contributed by atoms with E-state index < -0.39 is 0 Å². The first-order chi connectivity index (χ1) is 12.7. The number of amides is 1. The van der Waals surface area contributed by atoms with E-state index in [-0.39, 0.29) is 5.91 Å². The van der Waals surface area contributed by atoms with Crippen LogP contribution in [0.3, 0.4) is 0 Å². The van der Waals surface area contributed by atoms with Gasteiger partial charge in [-0.3, -0.25) is 9.78 Å². The fourth-order valence-electron chi connectivity index (χ4n) is 2.61. The molecular formula is C20H21N5O. The molecule has 132 valence electrons. The first-order valence-corrected chi connectivity index (χ1v) is 8.50. The highest BCUT2D eigenvalue weighted by atomic mass is 16.2. The summed E-state index contributed by atoms with van der Waals surface area (Å²) in [4.78, 5) is 27.0. The number of nitrogens with zero attached hydrogens (tertiary/aromatic N) is 4. The molecule has 1 N–H and O–H groups in total. The molecule has 0 saturated heterocycles. The minimum absolute atomic E-state index is 0.112. The van der Waals surface area contributed by atoms with E-state index in [1.807, 2.05) is 50.2 Å². The fraction of sp³-hybridized carbons (Fsp3) is 0.200. The van der Waals surface area contributed by atoms with Crippen molar-refractivity contribution in [1.29, 1.82) is 0 Å². The molecule has 1 amide bonds. The van der Waals surface area contributed by atoms with Gasteiger partial charge >= 0.3 is 0 Å². The van der Waals surface area contributed by atoms with Crippen LogP contribution in [0, 0.1) is 6.92 Å². The van der Waals surface area contributed by atoms with Crippen LogP contribution in [0.2, 0.25) is 0 Å². The van der Waals surface area contributed by atoms with E-state index in [2.05, 4.69) is 20.3 Å². The molecule has 2 aromatic heterocycles. The lowest BCUT2D eigenvalue weighted by Crippen LogP contribution is -2.30. The normalized spacial score (nSPS) is 10.4. The van der Waals surface area contributed by atoms with E-state index in [0.29, 0.717) is 24.6 Å². The van der Waals surface area contributed by atoms with Gasteiger partial charge in [0.2, 0.25) is 5.95 Å². The van der Waals surface area contributed by atoms with Gasteiger partial charge in [0.15, 0.2) is 0 Å². The second-order valence-electron chi connectivity index (χ2n) is 5.89. The fourth-order valence-corrected chi connectivity index (χ4v) is 2.61. The van der Waals surface area contributed by atoms with Crippen LogP contribution in [0.5, 0.6) is 0 Å². The molecule has 0 spiro atoms. The number of pyridine rings is 1. The number of aromatic nitrogens is 3. The van der Waals surface area contributed by atoms with Gasteiger partial charge in [0.25, 0.3) is 5.91 Å². The first-order valence-electron chi connectivity index (χ1n) is 8.50. The lowest BCUT2D eigenvalue weighted by Gasteiger charge is -2.21.